The molecule has 2 N–H and O–H groups in total. The van der Waals surface area contributed by atoms with Gasteiger partial charge >= 0.3 is 6.03 Å². The van der Waals surface area contributed by atoms with Crippen molar-refractivity contribution in [3.05, 3.63) is 0 Å². The molecule has 2 fully saturated rings. The zero-order valence-corrected chi connectivity index (χ0v) is 12.0. The minimum absolute atomic E-state index is 0.123. The summed E-state index contributed by atoms with van der Waals surface area (Å²) >= 11 is 0. The van der Waals surface area contributed by atoms with Gasteiger partial charge in [-0.2, -0.15) is 0 Å². The first-order chi connectivity index (χ1) is 8.95. The second-order valence-corrected chi connectivity index (χ2v) is 5.90. The SMILES string of the molecule is CNCC1CCCN1CCN1C(=O)NC(C)(C)C1=O. The summed E-state index contributed by atoms with van der Waals surface area (Å²) < 4.78 is 0. The third-order valence-electron chi connectivity index (χ3n) is 3.99. The Hall–Kier alpha value is -1.14. The van der Waals surface area contributed by atoms with Crippen LogP contribution in [0.4, 0.5) is 4.79 Å². The topological polar surface area (TPSA) is 64.7 Å². The Morgan fingerprint density at radius 1 is 1.37 bits per heavy atom. The van der Waals surface area contributed by atoms with Gasteiger partial charge in [0.1, 0.15) is 5.54 Å². The van der Waals surface area contributed by atoms with Crippen LogP contribution in [0.1, 0.15) is 26.7 Å². The van der Waals surface area contributed by atoms with Crippen molar-refractivity contribution >= 4 is 11.9 Å². The molecule has 0 aromatic heterocycles. The van der Waals surface area contributed by atoms with E-state index in [9.17, 15) is 9.59 Å². The predicted octanol–water partition coefficient (Wildman–Crippen LogP) is 0.000600. The summed E-state index contributed by atoms with van der Waals surface area (Å²) in [6.45, 7) is 6.75. The number of hydrogen-bond acceptors (Lipinski definition) is 4. The van der Waals surface area contributed by atoms with Gasteiger partial charge in [0.2, 0.25) is 0 Å². The molecule has 2 rings (SSSR count). The molecule has 0 bridgehead atoms. The number of likely N-dealkylation sites (N-methyl/N-ethyl adjacent to an activating group) is 1. The van der Waals surface area contributed by atoms with Crippen LogP contribution in [0.5, 0.6) is 0 Å². The van der Waals surface area contributed by atoms with E-state index in [1.54, 1.807) is 13.8 Å². The number of likely N-dealkylation sites (tertiary alicyclic amines) is 1. The molecule has 6 heteroatoms. The molecule has 2 heterocycles. The number of carbonyl (C=O) groups is 2. The maximum absolute atomic E-state index is 12.1. The Labute approximate surface area is 114 Å². The molecule has 0 radical (unpaired) electrons. The molecule has 0 saturated carbocycles. The Kier molecular flexibility index (Phi) is 4.10. The average molecular weight is 268 g/mol. The largest absolute Gasteiger partial charge is 0.325 e. The number of urea groups is 1. The molecule has 1 atom stereocenters. The van der Waals surface area contributed by atoms with E-state index >= 15 is 0 Å². The maximum atomic E-state index is 12.1. The van der Waals surface area contributed by atoms with E-state index in [4.69, 9.17) is 0 Å². The van der Waals surface area contributed by atoms with Gasteiger partial charge in [0, 0.05) is 25.7 Å². The molecule has 108 valence electrons. The van der Waals surface area contributed by atoms with Crippen molar-refractivity contribution in [1.82, 2.24) is 20.4 Å². The van der Waals surface area contributed by atoms with E-state index in [-0.39, 0.29) is 11.9 Å². The third-order valence-corrected chi connectivity index (χ3v) is 3.99. The van der Waals surface area contributed by atoms with Crippen LogP contribution in [0.15, 0.2) is 0 Å². The molecule has 1 unspecified atom stereocenters. The standard InChI is InChI=1S/C13H24N4O2/c1-13(2)11(18)17(12(19)15-13)8-7-16-6-4-5-10(16)9-14-3/h10,14H,4-9H2,1-3H3,(H,15,19). The Bertz CT molecular complexity index is 370. The zero-order valence-electron chi connectivity index (χ0n) is 12.0. The zero-order chi connectivity index (χ0) is 14.0. The fraction of sp³-hybridized carbons (Fsp3) is 0.846. The number of rotatable bonds is 5. The number of hydrogen-bond donors (Lipinski definition) is 2. The average Bonchev–Trinajstić information content (AvgIpc) is 2.83. The molecule has 0 spiro atoms. The highest BCUT2D eigenvalue weighted by molar-refractivity contribution is 6.06. The second-order valence-electron chi connectivity index (χ2n) is 5.90. The molecule has 0 aromatic rings. The number of amides is 3. The van der Waals surface area contributed by atoms with Gasteiger partial charge in [0.05, 0.1) is 0 Å². The lowest BCUT2D eigenvalue weighted by Gasteiger charge is -2.26. The smallest absolute Gasteiger partial charge is 0.324 e. The highest BCUT2D eigenvalue weighted by Gasteiger charge is 2.44. The summed E-state index contributed by atoms with van der Waals surface area (Å²) in [6, 6.07) is 0.262. The van der Waals surface area contributed by atoms with Crippen molar-refractivity contribution in [3.8, 4) is 0 Å². The summed E-state index contributed by atoms with van der Waals surface area (Å²) in [5, 5.41) is 5.91. The summed E-state index contributed by atoms with van der Waals surface area (Å²) in [5.41, 5.74) is -0.757. The summed E-state index contributed by atoms with van der Waals surface area (Å²) in [4.78, 5) is 27.5. The fourth-order valence-corrected chi connectivity index (χ4v) is 2.91. The van der Waals surface area contributed by atoms with Gasteiger partial charge in [-0.15, -0.1) is 0 Å². The van der Waals surface area contributed by atoms with E-state index in [2.05, 4.69) is 15.5 Å². The van der Waals surface area contributed by atoms with Crippen LogP contribution in [0.3, 0.4) is 0 Å². The molecule has 0 aromatic carbocycles. The quantitative estimate of drug-likeness (QED) is 0.689. The van der Waals surface area contributed by atoms with Crippen molar-refractivity contribution in [2.75, 3.05) is 33.2 Å². The lowest BCUT2D eigenvalue weighted by atomic mass is 10.1. The molecule has 2 aliphatic rings. The van der Waals surface area contributed by atoms with Gasteiger partial charge in [-0.3, -0.25) is 14.6 Å². The Balaban J connectivity index is 1.89. The van der Waals surface area contributed by atoms with Gasteiger partial charge in [-0.25, -0.2) is 4.79 Å². The van der Waals surface area contributed by atoms with Gasteiger partial charge in [-0.05, 0) is 40.3 Å². The molecule has 2 saturated heterocycles. The molecular formula is C13H24N4O2. The predicted molar refractivity (Wildman–Crippen MR) is 72.8 cm³/mol. The normalized spacial score (nSPS) is 27.1. The third kappa shape index (κ3) is 2.90. The van der Waals surface area contributed by atoms with E-state index in [0.717, 1.165) is 19.6 Å². The first-order valence-corrected chi connectivity index (χ1v) is 6.98. The lowest BCUT2D eigenvalue weighted by Crippen LogP contribution is -2.44. The minimum atomic E-state index is -0.757. The van der Waals surface area contributed by atoms with E-state index in [1.807, 2.05) is 7.05 Å². The van der Waals surface area contributed by atoms with Crippen LogP contribution < -0.4 is 10.6 Å². The van der Waals surface area contributed by atoms with Crippen LogP contribution in [0, 0.1) is 0 Å². The maximum Gasteiger partial charge on any atom is 0.325 e. The molecule has 2 aliphatic heterocycles. The van der Waals surface area contributed by atoms with Gasteiger partial charge in [-0.1, -0.05) is 0 Å². The summed E-state index contributed by atoms with van der Waals surface area (Å²) in [5.74, 6) is -0.123. The van der Waals surface area contributed by atoms with Crippen LogP contribution in [-0.2, 0) is 4.79 Å². The Morgan fingerprint density at radius 3 is 2.68 bits per heavy atom. The monoisotopic (exact) mass is 268 g/mol. The van der Waals surface area contributed by atoms with E-state index in [1.165, 1.54) is 17.7 Å². The fourth-order valence-electron chi connectivity index (χ4n) is 2.91. The highest BCUT2D eigenvalue weighted by Crippen LogP contribution is 2.19. The van der Waals surface area contributed by atoms with Crippen molar-refractivity contribution in [1.29, 1.82) is 0 Å². The minimum Gasteiger partial charge on any atom is -0.324 e. The summed E-state index contributed by atoms with van der Waals surface area (Å²) in [7, 11) is 1.95. The van der Waals surface area contributed by atoms with Gasteiger partial charge in [0.25, 0.3) is 5.91 Å². The second kappa shape index (κ2) is 5.46. The lowest BCUT2D eigenvalue weighted by molar-refractivity contribution is -0.130. The molecular weight excluding hydrogens is 244 g/mol. The number of imide groups is 1. The first-order valence-electron chi connectivity index (χ1n) is 6.98. The Morgan fingerprint density at radius 2 is 2.11 bits per heavy atom. The van der Waals surface area contributed by atoms with E-state index in [0.29, 0.717) is 12.6 Å². The number of carbonyl (C=O) groups excluding carboxylic acids is 2. The van der Waals surface area contributed by atoms with Crippen LogP contribution in [0.2, 0.25) is 0 Å². The number of nitrogens with one attached hydrogen (secondary N) is 2. The van der Waals surface area contributed by atoms with Crippen molar-refractivity contribution in [2.24, 2.45) is 0 Å². The van der Waals surface area contributed by atoms with E-state index < -0.39 is 5.54 Å². The van der Waals surface area contributed by atoms with Gasteiger partial charge < -0.3 is 10.6 Å². The van der Waals surface area contributed by atoms with Crippen molar-refractivity contribution in [2.45, 2.75) is 38.3 Å². The molecule has 19 heavy (non-hydrogen) atoms. The molecule has 0 aliphatic carbocycles. The van der Waals surface area contributed by atoms with Crippen LogP contribution in [-0.4, -0.2) is 66.5 Å². The highest BCUT2D eigenvalue weighted by atomic mass is 16.2. The number of nitrogens with zero attached hydrogens (tertiary/aromatic N) is 2. The van der Waals surface area contributed by atoms with Crippen molar-refractivity contribution in [3.63, 3.8) is 0 Å². The summed E-state index contributed by atoms with van der Waals surface area (Å²) in [6.07, 6.45) is 2.38. The van der Waals surface area contributed by atoms with Crippen molar-refractivity contribution < 1.29 is 9.59 Å². The van der Waals surface area contributed by atoms with Gasteiger partial charge in [0.15, 0.2) is 0 Å². The molecule has 6 nitrogen and oxygen atoms in total. The first kappa shape index (κ1) is 14.3. The molecule has 3 amide bonds. The van der Waals surface area contributed by atoms with Crippen LogP contribution in [0.25, 0.3) is 0 Å². The van der Waals surface area contributed by atoms with Crippen LogP contribution >= 0.6 is 0 Å².